The van der Waals surface area contributed by atoms with E-state index in [1.54, 1.807) is 6.92 Å². The Morgan fingerprint density at radius 2 is 1.25 bits per heavy atom. The minimum atomic E-state index is -1.67. The van der Waals surface area contributed by atoms with Gasteiger partial charge in [-0.3, -0.25) is 9.59 Å². The van der Waals surface area contributed by atoms with E-state index >= 15 is 0 Å². The van der Waals surface area contributed by atoms with Gasteiger partial charge in [0.1, 0.15) is 30.5 Å². The summed E-state index contributed by atoms with van der Waals surface area (Å²) in [6.07, 6.45) is -7.41. The first-order chi connectivity index (χ1) is 33.7. The lowest BCUT2D eigenvalue weighted by atomic mass is 9.33. The molecule has 0 aromatic heterocycles. The van der Waals surface area contributed by atoms with Crippen LogP contribution in [-0.4, -0.2) is 174 Å². The third kappa shape index (κ3) is 8.68. The molecule has 17 nitrogen and oxygen atoms in total. The molecule has 8 aliphatic carbocycles. The van der Waals surface area contributed by atoms with Gasteiger partial charge in [-0.1, -0.05) is 67.0 Å². The second-order valence-electron chi connectivity index (χ2n) is 26.2. The molecule has 17 heteroatoms. The van der Waals surface area contributed by atoms with Crippen LogP contribution in [0, 0.1) is 79.8 Å². The van der Waals surface area contributed by atoms with Gasteiger partial charge in [-0.05, 0) is 116 Å². The summed E-state index contributed by atoms with van der Waals surface area (Å²) in [7, 11) is 0. The normalized spacial score (nSPS) is 53.2. The average molecular weight is 1020 g/mol. The summed E-state index contributed by atoms with van der Waals surface area (Å²) in [5.74, 6) is -5.03. The van der Waals surface area contributed by atoms with Crippen molar-refractivity contribution in [1.29, 1.82) is 0 Å². The largest absolute Gasteiger partial charge is 0.481 e. The van der Waals surface area contributed by atoms with Gasteiger partial charge in [0.2, 0.25) is 0 Å². The number of allylic oxidation sites excluding steroid dienone is 2. The van der Waals surface area contributed by atoms with Crippen molar-refractivity contribution in [2.45, 2.75) is 212 Å². The zero-order valence-corrected chi connectivity index (χ0v) is 44.2. The van der Waals surface area contributed by atoms with Crippen LogP contribution in [0.2, 0.25) is 0 Å². The molecule has 14 unspecified atom stereocenters. The van der Waals surface area contributed by atoms with Crippen LogP contribution < -0.4 is 0 Å². The molecule has 0 amide bonds. The molecule has 8 aliphatic rings. The SMILES string of the molecule is CC(=O)O[C@H]1C(C)C(C)(C)CC2C3=CCC4C5(C)CCC(O[C@@H]6CC(C(=O)O)[C@@H](O[C@@H]7CC(CO)[C@@H](O)[C@@H](O)C7O)[C@@H](C)C6O[C@@H]6CC(CO)[C@@H](O)[C@@H](O)C6O)[C@](C)(CO)C5CCC4(C)[C@]3(C)CCC21CO. The zero-order valence-electron chi connectivity index (χ0n) is 44.2. The van der Waals surface area contributed by atoms with Gasteiger partial charge in [0, 0.05) is 48.7 Å². The third-order valence-electron chi connectivity index (χ3n) is 22.6. The highest BCUT2D eigenvalue weighted by Crippen LogP contribution is 2.76. The molecule has 0 radical (unpaired) electrons. The minimum Gasteiger partial charge on any atom is -0.481 e. The summed E-state index contributed by atoms with van der Waals surface area (Å²) in [5.41, 5.74) is -0.793. The van der Waals surface area contributed by atoms with Gasteiger partial charge in [-0.15, -0.1) is 0 Å². The van der Waals surface area contributed by atoms with Crippen LogP contribution in [0.25, 0.3) is 0 Å². The van der Waals surface area contributed by atoms with E-state index in [2.05, 4.69) is 54.5 Å². The van der Waals surface area contributed by atoms with Crippen molar-refractivity contribution in [2.24, 2.45) is 79.8 Å². The van der Waals surface area contributed by atoms with Crippen molar-refractivity contribution < 1.29 is 84.7 Å². The standard InChI is InChI=1S/C55H90O17/c1-26-46(71-34-18-29(22-56)40(61)44(65)42(34)63)31(49(67)68)20-36(47(26)72-35-19-30(23-57)41(62)45(66)43(35)64)70-39-13-14-51(6)37(52(39,7)24-58)12-15-54(9)38(51)11-10-32-33-21-50(4,5)27(2)48(69-28(3)60)55(33,25-59)17-16-53(32,54)8/h10,26-27,29-31,33-48,56-59,61-66H,11-25H2,1-9H3,(H,67,68)/t26-,27?,29?,30?,31?,33?,34-,35-,36-,37?,38?,39?,40-,41-,42?,43?,44-,45-,46+,47?,48+,51?,52-,53-,54?,55?/m1/s1. The van der Waals surface area contributed by atoms with Crippen molar-refractivity contribution in [3.8, 4) is 0 Å². The molecular weight excluding hydrogens is 933 g/mol. The number of rotatable bonds is 12. The Balaban J connectivity index is 1.10. The summed E-state index contributed by atoms with van der Waals surface area (Å²) >= 11 is 0. The quantitative estimate of drug-likeness (QED) is 0.0990. The third-order valence-corrected chi connectivity index (χ3v) is 22.6. The van der Waals surface area contributed by atoms with Crippen molar-refractivity contribution in [3.05, 3.63) is 11.6 Å². The number of aliphatic hydroxyl groups is 10. The fourth-order valence-corrected chi connectivity index (χ4v) is 17.7. The summed E-state index contributed by atoms with van der Waals surface area (Å²) < 4.78 is 26.7. The number of ether oxygens (including phenoxy) is 4. The van der Waals surface area contributed by atoms with Crippen LogP contribution in [-0.2, 0) is 28.5 Å². The van der Waals surface area contributed by atoms with Gasteiger partial charge in [0.15, 0.2) is 0 Å². The van der Waals surface area contributed by atoms with E-state index in [1.807, 2.05) is 0 Å². The number of carboxylic acids is 1. The van der Waals surface area contributed by atoms with Crippen molar-refractivity contribution in [1.82, 2.24) is 0 Å². The molecule has 0 aromatic rings. The van der Waals surface area contributed by atoms with Gasteiger partial charge in [-0.2, -0.15) is 0 Å². The summed E-state index contributed by atoms with van der Waals surface area (Å²) in [6, 6.07) is 0. The molecule has 0 saturated heterocycles. The van der Waals surface area contributed by atoms with E-state index in [0.717, 1.165) is 44.9 Å². The number of carbonyl (C=O) groups excluding carboxylic acids is 1. The number of aliphatic carboxylic acids is 1. The number of fused-ring (bicyclic) bond motifs is 7. The van der Waals surface area contributed by atoms with Crippen LogP contribution in [0.5, 0.6) is 0 Å². The first kappa shape index (κ1) is 56.4. The lowest BCUT2D eigenvalue weighted by Crippen LogP contribution is -2.68. The van der Waals surface area contributed by atoms with Crippen molar-refractivity contribution in [3.63, 3.8) is 0 Å². The topological polar surface area (TPSA) is 294 Å². The van der Waals surface area contributed by atoms with E-state index in [9.17, 15) is 65.8 Å². The highest BCUT2D eigenvalue weighted by Gasteiger charge is 2.71. The zero-order chi connectivity index (χ0) is 53.0. The lowest BCUT2D eigenvalue weighted by molar-refractivity contribution is -0.277. The first-order valence-electron chi connectivity index (χ1n) is 27.2. The highest BCUT2D eigenvalue weighted by molar-refractivity contribution is 5.71. The molecule has 412 valence electrons. The monoisotopic (exact) mass is 1020 g/mol. The molecule has 0 aromatic carbocycles. The fourth-order valence-electron chi connectivity index (χ4n) is 17.7. The predicted molar refractivity (Wildman–Crippen MR) is 260 cm³/mol. The molecule has 7 fully saturated rings. The predicted octanol–water partition coefficient (Wildman–Crippen LogP) is 2.73. The van der Waals surface area contributed by atoms with Gasteiger partial charge in [0.25, 0.3) is 0 Å². The van der Waals surface area contributed by atoms with E-state index in [0.29, 0.717) is 6.42 Å². The molecule has 26 atom stereocenters. The van der Waals surface area contributed by atoms with Crippen LogP contribution in [0.4, 0.5) is 0 Å². The Bertz CT molecular complexity index is 2000. The maximum Gasteiger partial charge on any atom is 0.309 e. The maximum atomic E-state index is 13.4. The summed E-state index contributed by atoms with van der Waals surface area (Å²) in [4.78, 5) is 26.0. The number of hydrogen-bond donors (Lipinski definition) is 11. The molecule has 0 bridgehead atoms. The lowest BCUT2D eigenvalue weighted by Gasteiger charge is -2.72. The Morgan fingerprint density at radius 1 is 0.667 bits per heavy atom. The van der Waals surface area contributed by atoms with Crippen molar-refractivity contribution >= 4 is 11.9 Å². The van der Waals surface area contributed by atoms with Crippen LogP contribution in [0.15, 0.2) is 11.6 Å². The smallest absolute Gasteiger partial charge is 0.309 e. The van der Waals surface area contributed by atoms with Gasteiger partial charge in [-0.25, -0.2) is 0 Å². The Labute approximate surface area is 425 Å². The molecule has 72 heavy (non-hydrogen) atoms. The number of hydrogen-bond acceptors (Lipinski definition) is 16. The van der Waals surface area contributed by atoms with E-state index in [4.69, 9.17) is 18.9 Å². The highest BCUT2D eigenvalue weighted by atomic mass is 16.6. The number of esters is 1. The van der Waals surface area contributed by atoms with Gasteiger partial charge >= 0.3 is 11.9 Å². The van der Waals surface area contributed by atoms with E-state index in [-0.39, 0.29) is 83.8 Å². The first-order valence-corrected chi connectivity index (χ1v) is 27.2. The average Bonchev–Trinajstić information content (AvgIpc) is 3.33. The van der Waals surface area contributed by atoms with E-state index < -0.39 is 133 Å². The van der Waals surface area contributed by atoms with Crippen LogP contribution in [0.3, 0.4) is 0 Å². The molecule has 8 rings (SSSR count). The summed E-state index contributed by atoms with van der Waals surface area (Å²) in [5, 5.41) is 120. The second kappa shape index (κ2) is 20.2. The molecule has 0 spiro atoms. The number of carbonyl (C=O) groups is 2. The van der Waals surface area contributed by atoms with Gasteiger partial charge < -0.3 is 75.1 Å². The molecule has 0 heterocycles. The fraction of sp³-hybridized carbons (Fsp3) is 0.927. The van der Waals surface area contributed by atoms with Crippen LogP contribution in [0.1, 0.15) is 133 Å². The number of carboxylic acid groups (broad SMARTS) is 1. The molecule has 0 aliphatic heterocycles. The minimum absolute atomic E-state index is 0.0174. The van der Waals surface area contributed by atoms with Crippen molar-refractivity contribution in [2.75, 3.05) is 26.4 Å². The second-order valence-corrected chi connectivity index (χ2v) is 26.2. The molecular formula is C55H90O17. The summed E-state index contributed by atoms with van der Waals surface area (Å²) in [6.45, 7) is 17.9. The van der Waals surface area contributed by atoms with Crippen LogP contribution >= 0.6 is 0 Å². The van der Waals surface area contributed by atoms with E-state index in [1.165, 1.54) is 12.5 Å². The maximum absolute atomic E-state index is 13.4. The Morgan fingerprint density at radius 3 is 1.78 bits per heavy atom. The molecule has 11 N–H and O–H groups in total. The Kier molecular flexibility index (Phi) is 15.8. The number of aliphatic hydroxyl groups excluding tert-OH is 10. The Hall–Kier alpha value is -1.84. The van der Waals surface area contributed by atoms with Gasteiger partial charge in [0.05, 0.1) is 68.0 Å². The molecule has 7 saturated carbocycles.